The first-order valence-electron chi connectivity index (χ1n) is 6.70. The number of halogens is 1. The molecule has 1 atom stereocenters. The van der Waals surface area contributed by atoms with Gasteiger partial charge in [-0.05, 0) is 18.2 Å². The summed E-state index contributed by atoms with van der Waals surface area (Å²) < 4.78 is 5.86. The van der Waals surface area contributed by atoms with E-state index in [1.807, 2.05) is 12.1 Å². The van der Waals surface area contributed by atoms with Gasteiger partial charge in [-0.15, -0.1) is 0 Å². The van der Waals surface area contributed by atoms with Gasteiger partial charge in [-0.3, -0.25) is 9.78 Å². The van der Waals surface area contributed by atoms with Crippen LogP contribution in [-0.4, -0.2) is 40.0 Å². The van der Waals surface area contributed by atoms with E-state index in [0.717, 1.165) is 12.2 Å². The number of hydrogen-bond acceptors (Lipinski definition) is 4. The van der Waals surface area contributed by atoms with E-state index in [1.54, 1.807) is 23.2 Å². The topological polar surface area (TPSA) is 55.3 Å². The average Bonchev–Trinajstić information content (AvgIpc) is 2.96. The number of ether oxygens (including phenoxy) is 1. The van der Waals surface area contributed by atoms with Crippen LogP contribution in [0, 0.1) is 0 Å². The van der Waals surface area contributed by atoms with E-state index in [-0.39, 0.29) is 12.0 Å². The Morgan fingerprint density at radius 2 is 2.29 bits per heavy atom. The Morgan fingerprint density at radius 3 is 3.05 bits per heavy atom. The lowest BCUT2D eigenvalue weighted by molar-refractivity contribution is 0.0766. The van der Waals surface area contributed by atoms with Gasteiger partial charge in [-0.25, -0.2) is 4.98 Å². The largest absolute Gasteiger partial charge is 0.488 e. The van der Waals surface area contributed by atoms with Crippen molar-refractivity contribution < 1.29 is 9.53 Å². The molecule has 3 rings (SSSR count). The van der Waals surface area contributed by atoms with Crippen LogP contribution in [0.2, 0.25) is 5.02 Å². The van der Waals surface area contributed by atoms with E-state index < -0.39 is 0 Å². The van der Waals surface area contributed by atoms with Gasteiger partial charge in [0.2, 0.25) is 0 Å². The molecule has 6 heteroatoms. The number of aromatic nitrogens is 2. The molecule has 0 spiro atoms. The Morgan fingerprint density at radius 1 is 1.38 bits per heavy atom. The van der Waals surface area contributed by atoms with Gasteiger partial charge in [0, 0.05) is 30.4 Å². The molecule has 0 saturated carbocycles. The molecule has 2 aromatic rings. The number of hydrogen-bond donors (Lipinski definition) is 0. The highest BCUT2D eigenvalue weighted by molar-refractivity contribution is 6.30. The zero-order chi connectivity index (χ0) is 14.7. The van der Waals surface area contributed by atoms with E-state index in [9.17, 15) is 4.79 Å². The molecule has 1 saturated heterocycles. The van der Waals surface area contributed by atoms with Crippen molar-refractivity contribution in [3.8, 4) is 5.75 Å². The summed E-state index contributed by atoms with van der Waals surface area (Å²) in [4.78, 5) is 21.9. The molecule has 0 aliphatic carbocycles. The van der Waals surface area contributed by atoms with Crippen molar-refractivity contribution in [2.24, 2.45) is 0 Å². The first kappa shape index (κ1) is 13.8. The molecule has 0 radical (unpaired) electrons. The highest BCUT2D eigenvalue weighted by Gasteiger charge is 2.28. The van der Waals surface area contributed by atoms with Crippen LogP contribution in [0.1, 0.15) is 16.9 Å². The summed E-state index contributed by atoms with van der Waals surface area (Å²) >= 11 is 5.93. The predicted octanol–water partition coefficient (Wildman–Crippen LogP) is 2.42. The zero-order valence-corrected chi connectivity index (χ0v) is 12.0. The van der Waals surface area contributed by atoms with Crippen LogP contribution >= 0.6 is 11.6 Å². The standard InChI is InChI=1S/C15H14ClN3O2/c16-11-2-1-3-12(8-11)21-13-4-7-19(10-13)15(20)14-9-17-5-6-18-14/h1-3,5-6,8-9,13H,4,7,10H2/t13-/m0/s1. The maximum Gasteiger partial charge on any atom is 0.274 e. The Kier molecular flexibility index (Phi) is 4.01. The van der Waals surface area contributed by atoms with Crippen LogP contribution in [0.4, 0.5) is 0 Å². The molecule has 1 aliphatic heterocycles. The first-order chi connectivity index (χ1) is 10.2. The number of nitrogens with zero attached hydrogens (tertiary/aromatic N) is 3. The Hall–Kier alpha value is -2.14. The molecular formula is C15H14ClN3O2. The van der Waals surface area contributed by atoms with Gasteiger partial charge >= 0.3 is 0 Å². The summed E-state index contributed by atoms with van der Waals surface area (Å²) in [5.41, 5.74) is 0.362. The molecule has 2 heterocycles. The molecule has 1 amide bonds. The van der Waals surface area contributed by atoms with E-state index >= 15 is 0 Å². The summed E-state index contributed by atoms with van der Waals surface area (Å²) in [6.45, 7) is 1.20. The predicted molar refractivity (Wildman–Crippen MR) is 78.4 cm³/mol. The number of carbonyl (C=O) groups excluding carboxylic acids is 1. The molecule has 108 valence electrons. The third-order valence-corrected chi connectivity index (χ3v) is 3.55. The third-order valence-electron chi connectivity index (χ3n) is 3.31. The molecular weight excluding hydrogens is 290 g/mol. The second-order valence-corrected chi connectivity index (χ2v) is 5.26. The monoisotopic (exact) mass is 303 g/mol. The maximum atomic E-state index is 12.2. The molecule has 1 aliphatic rings. The summed E-state index contributed by atoms with van der Waals surface area (Å²) in [5, 5.41) is 0.637. The molecule has 21 heavy (non-hydrogen) atoms. The van der Waals surface area contributed by atoms with Crippen LogP contribution < -0.4 is 4.74 Å². The molecule has 1 aromatic heterocycles. The van der Waals surface area contributed by atoms with Crippen molar-refractivity contribution in [3.63, 3.8) is 0 Å². The quantitative estimate of drug-likeness (QED) is 0.874. The summed E-state index contributed by atoms with van der Waals surface area (Å²) in [5.74, 6) is 0.613. The van der Waals surface area contributed by atoms with Crippen molar-refractivity contribution in [2.75, 3.05) is 13.1 Å². The minimum Gasteiger partial charge on any atom is -0.488 e. The Bertz CT molecular complexity index is 636. The van der Waals surface area contributed by atoms with Gasteiger partial charge < -0.3 is 9.64 Å². The number of likely N-dealkylation sites (tertiary alicyclic amines) is 1. The fourth-order valence-electron chi connectivity index (χ4n) is 2.31. The van der Waals surface area contributed by atoms with Crippen molar-refractivity contribution in [1.29, 1.82) is 0 Å². The van der Waals surface area contributed by atoms with E-state index in [1.165, 1.54) is 12.4 Å². The number of carbonyl (C=O) groups is 1. The van der Waals surface area contributed by atoms with Gasteiger partial charge in [-0.1, -0.05) is 17.7 Å². The van der Waals surface area contributed by atoms with E-state index in [4.69, 9.17) is 16.3 Å². The lowest BCUT2D eigenvalue weighted by Gasteiger charge is -2.16. The molecule has 1 aromatic carbocycles. The maximum absolute atomic E-state index is 12.2. The third kappa shape index (κ3) is 3.31. The minimum atomic E-state index is -0.111. The van der Waals surface area contributed by atoms with Gasteiger partial charge in [0.25, 0.3) is 5.91 Å². The van der Waals surface area contributed by atoms with E-state index in [2.05, 4.69) is 9.97 Å². The summed E-state index contributed by atoms with van der Waals surface area (Å²) in [6, 6.07) is 7.27. The fourth-order valence-corrected chi connectivity index (χ4v) is 2.49. The zero-order valence-electron chi connectivity index (χ0n) is 11.3. The number of benzene rings is 1. The summed E-state index contributed by atoms with van der Waals surface area (Å²) in [7, 11) is 0. The van der Waals surface area contributed by atoms with Crippen molar-refractivity contribution in [3.05, 3.63) is 53.6 Å². The second-order valence-electron chi connectivity index (χ2n) is 4.83. The van der Waals surface area contributed by atoms with Crippen LogP contribution in [0.25, 0.3) is 0 Å². The smallest absolute Gasteiger partial charge is 0.274 e. The molecule has 0 bridgehead atoms. The SMILES string of the molecule is O=C(c1cnccn1)N1CC[C@H](Oc2cccc(Cl)c2)C1. The highest BCUT2D eigenvalue weighted by atomic mass is 35.5. The van der Waals surface area contributed by atoms with Gasteiger partial charge in [0.1, 0.15) is 17.5 Å². The lowest BCUT2D eigenvalue weighted by atomic mass is 10.3. The minimum absolute atomic E-state index is 0.0240. The lowest BCUT2D eigenvalue weighted by Crippen LogP contribution is -2.31. The average molecular weight is 304 g/mol. The van der Waals surface area contributed by atoms with Crippen LogP contribution in [0.5, 0.6) is 5.75 Å². The Labute approximate surface area is 127 Å². The van der Waals surface area contributed by atoms with Gasteiger partial charge in [0.05, 0.1) is 12.7 Å². The first-order valence-corrected chi connectivity index (χ1v) is 7.08. The fraction of sp³-hybridized carbons (Fsp3) is 0.267. The number of amides is 1. The summed E-state index contributed by atoms with van der Waals surface area (Å²) in [6.07, 6.45) is 5.31. The van der Waals surface area contributed by atoms with E-state index in [0.29, 0.717) is 23.8 Å². The van der Waals surface area contributed by atoms with Gasteiger partial charge in [-0.2, -0.15) is 0 Å². The van der Waals surface area contributed by atoms with Crippen LogP contribution in [-0.2, 0) is 0 Å². The highest BCUT2D eigenvalue weighted by Crippen LogP contribution is 2.22. The van der Waals surface area contributed by atoms with Crippen LogP contribution in [0.3, 0.4) is 0 Å². The normalized spacial score (nSPS) is 17.8. The molecule has 5 nitrogen and oxygen atoms in total. The van der Waals surface area contributed by atoms with Gasteiger partial charge in [0.15, 0.2) is 0 Å². The van der Waals surface area contributed by atoms with Crippen molar-refractivity contribution in [1.82, 2.24) is 14.9 Å². The molecule has 1 fully saturated rings. The van der Waals surface area contributed by atoms with Crippen molar-refractivity contribution in [2.45, 2.75) is 12.5 Å². The second kappa shape index (κ2) is 6.10. The molecule has 0 N–H and O–H groups in total. The van der Waals surface area contributed by atoms with Crippen molar-refractivity contribution >= 4 is 17.5 Å². The Balaban J connectivity index is 1.62. The number of rotatable bonds is 3. The van der Waals surface area contributed by atoms with Crippen LogP contribution in [0.15, 0.2) is 42.9 Å². The molecule has 0 unspecified atom stereocenters.